The summed E-state index contributed by atoms with van der Waals surface area (Å²) < 4.78 is -0.467. The van der Waals surface area contributed by atoms with Gasteiger partial charge in [0.1, 0.15) is 0 Å². The van der Waals surface area contributed by atoms with Crippen molar-refractivity contribution in [2.45, 2.75) is 24.5 Å². The van der Waals surface area contributed by atoms with Crippen LogP contribution in [0.15, 0.2) is 18.3 Å². The van der Waals surface area contributed by atoms with E-state index in [-0.39, 0.29) is 17.3 Å². The maximum atomic E-state index is 12.2. The van der Waals surface area contributed by atoms with E-state index in [2.05, 4.69) is 10.3 Å². The summed E-state index contributed by atoms with van der Waals surface area (Å²) >= 11 is 1.61. The molecule has 18 heavy (non-hydrogen) atoms. The van der Waals surface area contributed by atoms with Crippen LogP contribution >= 0.6 is 11.8 Å². The zero-order valence-electron chi connectivity index (χ0n) is 9.97. The molecule has 0 aromatic carbocycles. The van der Waals surface area contributed by atoms with Gasteiger partial charge >= 0.3 is 5.97 Å². The first-order chi connectivity index (χ1) is 8.53. The first-order valence-corrected chi connectivity index (χ1v) is 6.65. The standard InChI is InChI=1S/C12H14N2O3S/c1-12(5-3-7-18-12)11(17)14-8-4-2-6-13-9(8)10(15)16/h2,4,6H,3,5,7H2,1H3,(H,14,17)(H,15,16). The predicted molar refractivity (Wildman–Crippen MR) is 69.9 cm³/mol. The smallest absolute Gasteiger partial charge is 0.356 e. The lowest BCUT2D eigenvalue weighted by atomic mass is 10.0. The first kappa shape index (κ1) is 12.9. The Morgan fingerprint density at radius 1 is 1.56 bits per heavy atom. The van der Waals surface area contributed by atoms with Crippen molar-refractivity contribution < 1.29 is 14.7 Å². The summed E-state index contributed by atoms with van der Waals surface area (Å²) in [5.41, 5.74) is 0.126. The second-order valence-electron chi connectivity index (χ2n) is 4.34. The third-order valence-corrected chi connectivity index (χ3v) is 4.48. The Bertz CT molecular complexity index is 484. The van der Waals surface area contributed by atoms with Gasteiger partial charge in [0.25, 0.3) is 0 Å². The Balaban J connectivity index is 2.19. The third-order valence-electron chi connectivity index (χ3n) is 2.96. The summed E-state index contributed by atoms with van der Waals surface area (Å²) in [5.74, 6) is -0.335. The normalized spacial score (nSPS) is 22.7. The topological polar surface area (TPSA) is 79.3 Å². The van der Waals surface area contributed by atoms with Crippen LogP contribution in [0, 0.1) is 0 Å². The molecule has 1 saturated heterocycles. The predicted octanol–water partition coefficient (Wildman–Crippen LogP) is 2.00. The Morgan fingerprint density at radius 3 is 2.94 bits per heavy atom. The molecule has 1 aromatic heterocycles. The summed E-state index contributed by atoms with van der Waals surface area (Å²) in [6.45, 7) is 1.89. The van der Waals surface area contributed by atoms with Gasteiger partial charge in [0, 0.05) is 6.20 Å². The van der Waals surface area contributed by atoms with Crippen molar-refractivity contribution >= 4 is 29.3 Å². The minimum Gasteiger partial charge on any atom is -0.476 e. The average molecular weight is 266 g/mol. The Kier molecular flexibility index (Phi) is 3.56. The average Bonchev–Trinajstić information content (AvgIpc) is 2.78. The molecule has 1 aliphatic rings. The van der Waals surface area contributed by atoms with Crippen LogP contribution in [0.2, 0.25) is 0 Å². The number of hydrogen-bond donors (Lipinski definition) is 2. The molecule has 0 saturated carbocycles. The molecule has 5 nitrogen and oxygen atoms in total. The molecule has 1 amide bonds. The fourth-order valence-electron chi connectivity index (χ4n) is 1.89. The number of thioether (sulfide) groups is 1. The number of aromatic carboxylic acids is 1. The van der Waals surface area contributed by atoms with E-state index >= 15 is 0 Å². The maximum absolute atomic E-state index is 12.2. The van der Waals surface area contributed by atoms with Crippen molar-refractivity contribution in [1.29, 1.82) is 0 Å². The number of carbonyl (C=O) groups is 2. The quantitative estimate of drug-likeness (QED) is 0.874. The van der Waals surface area contributed by atoms with Gasteiger partial charge in [0.15, 0.2) is 5.69 Å². The minimum absolute atomic E-state index is 0.127. The fraction of sp³-hybridized carbons (Fsp3) is 0.417. The molecular formula is C12H14N2O3S. The largest absolute Gasteiger partial charge is 0.476 e. The number of rotatable bonds is 3. The van der Waals surface area contributed by atoms with E-state index in [0.29, 0.717) is 0 Å². The van der Waals surface area contributed by atoms with Gasteiger partial charge in [-0.25, -0.2) is 9.78 Å². The summed E-state index contributed by atoms with van der Waals surface area (Å²) in [6.07, 6.45) is 3.21. The number of aromatic nitrogens is 1. The summed E-state index contributed by atoms with van der Waals surface area (Å²) in [6, 6.07) is 3.16. The number of nitrogens with zero attached hydrogens (tertiary/aromatic N) is 1. The fourth-order valence-corrected chi connectivity index (χ4v) is 3.10. The number of carboxylic acid groups (broad SMARTS) is 1. The number of carboxylic acids is 1. The third kappa shape index (κ3) is 2.48. The van der Waals surface area contributed by atoms with Gasteiger partial charge in [-0.15, -0.1) is 11.8 Å². The van der Waals surface area contributed by atoms with Crippen LogP contribution in [0.3, 0.4) is 0 Å². The van der Waals surface area contributed by atoms with E-state index in [9.17, 15) is 9.59 Å². The van der Waals surface area contributed by atoms with Gasteiger partial charge in [-0.05, 0) is 37.7 Å². The van der Waals surface area contributed by atoms with Crippen molar-refractivity contribution in [3.05, 3.63) is 24.0 Å². The van der Waals surface area contributed by atoms with Crippen LogP contribution in [0.1, 0.15) is 30.3 Å². The summed E-state index contributed by atoms with van der Waals surface area (Å²) in [7, 11) is 0. The van der Waals surface area contributed by atoms with Gasteiger partial charge in [-0.2, -0.15) is 0 Å². The van der Waals surface area contributed by atoms with E-state index in [1.807, 2.05) is 6.92 Å². The van der Waals surface area contributed by atoms with Crippen LogP contribution in [0.5, 0.6) is 0 Å². The number of amides is 1. The van der Waals surface area contributed by atoms with E-state index in [1.54, 1.807) is 23.9 Å². The lowest BCUT2D eigenvalue weighted by Crippen LogP contribution is -2.35. The number of carbonyl (C=O) groups excluding carboxylic acids is 1. The molecule has 0 bridgehead atoms. The molecule has 1 fully saturated rings. The molecule has 2 N–H and O–H groups in total. The highest BCUT2D eigenvalue weighted by molar-refractivity contribution is 8.01. The molecule has 2 heterocycles. The lowest BCUT2D eigenvalue weighted by molar-refractivity contribution is -0.118. The van der Waals surface area contributed by atoms with E-state index < -0.39 is 10.7 Å². The van der Waals surface area contributed by atoms with E-state index in [0.717, 1.165) is 18.6 Å². The van der Waals surface area contributed by atoms with Crippen LogP contribution in [0.4, 0.5) is 5.69 Å². The van der Waals surface area contributed by atoms with Crippen LogP contribution < -0.4 is 5.32 Å². The van der Waals surface area contributed by atoms with E-state index in [4.69, 9.17) is 5.11 Å². The number of nitrogens with one attached hydrogen (secondary N) is 1. The van der Waals surface area contributed by atoms with Gasteiger partial charge in [-0.3, -0.25) is 4.79 Å². The van der Waals surface area contributed by atoms with Crippen LogP contribution in [0.25, 0.3) is 0 Å². The van der Waals surface area contributed by atoms with Crippen molar-refractivity contribution in [1.82, 2.24) is 4.98 Å². The number of hydrogen-bond acceptors (Lipinski definition) is 4. The molecule has 0 radical (unpaired) electrons. The Labute approximate surface area is 109 Å². The van der Waals surface area contributed by atoms with Crippen LogP contribution in [-0.4, -0.2) is 32.5 Å². The second kappa shape index (κ2) is 4.97. The van der Waals surface area contributed by atoms with Gasteiger partial charge in [0.2, 0.25) is 5.91 Å². The first-order valence-electron chi connectivity index (χ1n) is 5.67. The monoisotopic (exact) mass is 266 g/mol. The molecule has 1 aliphatic heterocycles. The molecule has 1 aromatic rings. The Morgan fingerprint density at radius 2 is 2.33 bits per heavy atom. The number of pyridine rings is 1. The highest BCUT2D eigenvalue weighted by Crippen LogP contribution is 2.38. The SMILES string of the molecule is CC1(C(=O)Nc2cccnc2C(=O)O)CCCS1. The molecule has 2 rings (SSSR count). The van der Waals surface area contributed by atoms with Crippen LogP contribution in [-0.2, 0) is 4.79 Å². The van der Waals surface area contributed by atoms with Crippen molar-refractivity contribution in [3.63, 3.8) is 0 Å². The second-order valence-corrected chi connectivity index (χ2v) is 5.94. The molecule has 0 spiro atoms. The molecular weight excluding hydrogens is 252 g/mol. The Hall–Kier alpha value is -1.56. The molecule has 1 atom stereocenters. The summed E-state index contributed by atoms with van der Waals surface area (Å²) in [5, 5.41) is 11.7. The zero-order chi connectivity index (χ0) is 13.2. The highest BCUT2D eigenvalue weighted by atomic mass is 32.2. The molecule has 0 aliphatic carbocycles. The van der Waals surface area contributed by atoms with Gasteiger partial charge in [-0.1, -0.05) is 0 Å². The van der Waals surface area contributed by atoms with Crippen molar-refractivity contribution in [2.75, 3.05) is 11.1 Å². The van der Waals surface area contributed by atoms with E-state index in [1.165, 1.54) is 6.20 Å². The lowest BCUT2D eigenvalue weighted by Gasteiger charge is -2.21. The van der Waals surface area contributed by atoms with Gasteiger partial charge in [0.05, 0.1) is 10.4 Å². The molecule has 1 unspecified atom stereocenters. The number of anilines is 1. The zero-order valence-corrected chi connectivity index (χ0v) is 10.8. The van der Waals surface area contributed by atoms with Gasteiger partial charge < -0.3 is 10.4 Å². The van der Waals surface area contributed by atoms with Crippen molar-refractivity contribution in [2.24, 2.45) is 0 Å². The summed E-state index contributed by atoms with van der Waals surface area (Å²) in [4.78, 5) is 26.9. The maximum Gasteiger partial charge on any atom is 0.356 e. The molecule has 96 valence electrons. The molecule has 6 heteroatoms. The highest BCUT2D eigenvalue weighted by Gasteiger charge is 2.37. The van der Waals surface area contributed by atoms with Crippen molar-refractivity contribution in [3.8, 4) is 0 Å². The minimum atomic E-state index is -1.14.